The molecule has 1 aliphatic heterocycles. The van der Waals surface area contributed by atoms with E-state index in [0.717, 1.165) is 41.8 Å². The van der Waals surface area contributed by atoms with E-state index in [2.05, 4.69) is 24.4 Å². The van der Waals surface area contributed by atoms with E-state index in [1.807, 2.05) is 49.4 Å². The average molecular weight is 363 g/mol. The highest BCUT2D eigenvalue weighted by atomic mass is 16.5. The van der Waals surface area contributed by atoms with Crippen LogP contribution in [-0.2, 0) is 6.61 Å². The van der Waals surface area contributed by atoms with Crippen LogP contribution >= 0.6 is 0 Å². The van der Waals surface area contributed by atoms with E-state index < -0.39 is 0 Å². The average Bonchev–Trinajstić information content (AvgIpc) is 2.71. The van der Waals surface area contributed by atoms with Gasteiger partial charge in [-0.3, -0.25) is 4.79 Å². The van der Waals surface area contributed by atoms with Crippen LogP contribution in [0.15, 0.2) is 65.9 Å². The highest BCUT2D eigenvalue weighted by Gasteiger charge is 2.07. The molecule has 1 aliphatic rings. The lowest BCUT2D eigenvalue weighted by atomic mass is 10.0. The first-order valence-corrected chi connectivity index (χ1v) is 9.21. The van der Waals surface area contributed by atoms with Gasteiger partial charge in [0.1, 0.15) is 24.7 Å². The summed E-state index contributed by atoms with van der Waals surface area (Å²) < 4.78 is 11.7. The summed E-state index contributed by atoms with van der Waals surface area (Å²) in [5, 5.41) is 3.37. The first-order valence-electron chi connectivity index (χ1n) is 9.21. The quantitative estimate of drug-likeness (QED) is 0.697. The fourth-order valence-corrected chi connectivity index (χ4v) is 2.92. The maximum absolute atomic E-state index is 11.3. The Morgan fingerprint density at radius 1 is 1.04 bits per heavy atom. The molecule has 0 radical (unpaired) electrons. The molecule has 0 saturated carbocycles. The van der Waals surface area contributed by atoms with Gasteiger partial charge in [-0.15, -0.1) is 0 Å². The SMILES string of the molecule is CCC1=CC=C(COc2cccc(OCc3cccc(C)c3C=O)c2)NC1. The first-order chi connectivity index (χ1) is 13.2. The lowest BCUT2D eigenvalue weighted by Crippen LogP contribution is -2.23. The number of dihydropyridines is 1. The normalized spacial score (nSPS) is 13.3. The lowest BCUT2D eigenvalue weighted by molar-refractivity contribution is 0.112. The summed E-state index contributed by atoms with van der Waals surface area (Å²) in [6.07, 6.45) is 6.17. The molecule has 27 heavy (non-hydrogen) atoms. The van der Waals surface area contributed by atoms with Crippen LogP contribution < -0.4 is 14.8 Å². The zero-order valence-corrected chi connectivity index (χ0v) is 15.8. The molecule has 0 amide bonds. The molecule has 4 nitrogen and oxygen atoms in total. The molecule has 0 unspecified atom stereocenters. The number of rotatable bonds is 8. The number of ether oxygens (including phenoxy) is 2. The number of nitrogens with one attached hydrogen (secondary N) is 1. The molecular weight excluding hydrogens is 338 g/mol. The van der Waals surface area contributed by atoms with Crippen molar-refractivity contribution >= 4 is 6.29 Å². The summed E-state index contributed by atoms with van der Waals surface area (Å²) in [6.45, 7) is 5.79. The summed E-state index contributed by atoms with van der Waals surface area (Å²) in [5.74, 6) is 1.46. The molecule has 140 valence electrons. The van der Waals surface area contributed by atoms with Gasteiger partial charge >= 0.3 is 0 Å². The van der Waals surface area contributed by atoms with Gasteiger partial charge in [0.05, 0.1) is 0 Å². The van der Waals surface area contributed by atoms with E-state index in [1.54, 1.807) is 0 Å². The second kappa shape index (κ2) is 9.08. The standard InChI is InChI=1S/C23H25NO3/c1-3-18-10-11-20(24-13-18)16-27-22-9-5-8-21(12-22)26-15-19-7-4-6-17(2)23(19)14-25/h4-12,14,24H,3,13,15-16H2,1-2H3. The van der Waals surface area contributed by atoms with Gasteiger partial charge in [-0.2, -0.15) is 0 Å². The Hall–Kier alpha value is -3.01. The molecule has 0 aromatic heterocycles. The van der Waals surface area contributed by atoms with Crippen molar-refractivity contribution < 1.29 is 14.3 Å². The number of carbonyl (C=O) groups excluding carboxylic acids is 1. The van der Waals surface area contributed by atoms with Crippen LogP contribution in [0.5, 0.6) is 11.5 Å². The molecule has 0 fully saturated rings. The summed E-state index contributed by atoms with van der Waals surface area (Å²) in [7, 11) is 0. The van der Waals surface area contributed by atoms with Gasteiger partial charge in [-0.05, 0) is 37.1 Å². The van der Waals surface area contributed by atoms with Crippen molar-refractivity contribution in [3.8, 4) is 11.5 Å². The van der Waals surface area contributed by atoms with Crippen LogP contribution in [0.2, 0.25) is 0 Å². The van der Waals surface area contributed by atoms with Crippen LogP contribution in [-0.4, -0.2) is 19.4 Å². The second-order valence-electron chi connectivity index (χ2n) is 6.54. The van der Waals surface area contributed by atoms with Crippen molar-refractivity contribution in [1.29, 1.82) is 0 Å². The smallest absolute Gasteiger partial charge is 0.150 e. The van der Waals surface area contributed by atoms with E-state index in [0.29, 0.717) is 24.5 Å². The van der Waals surface area contributed by atoms with Crippen molar-refractivity contribution in [1.82, 2.24) is 5.32 Å². The molecule has 0 saturated heterocycles. The van der Waals surface area contributed by atoms with Crippen molar-refractivity contribution in [2.24, 2.45) is 0 Å². The highest BCUT2D eigenvalue weighted by Crippen LogP contribution is 2.22. The van der Waals surface area contributed by atoms with E-state index >= 15 is 0 Å². The monoisotopic (exact) mass is 363 g/mol. The van der Waals surface area contributed by atoms with Crippen LogP contribution in [0.3, 0.4) is 0 Å². The highest BCUT2D eigenvalue weighted by molar-refractivity contribution is 5.79. The number of aldehydes is 1. The van der Waals surface area contributed by atoms with E-state index in [-0.39, 0.29) is 0 Å². The topological polar surface area (TPSA) is 47.6 Å². The summed E-state index contributed by atoms with van der Waals surface area (Å²) in [6, 6.07) is 13.3. The Morgan fingerprint density at radius 3 is 2.44 bits per heavy atom. The first kappa shape index (κ1) is 18.8. The third-order valence-corrected chi connectivity index (χ3v) is 4.64. The molecule has 0 bridgehead atoms. The van der Waals surface area contributed by atoms with Crippen LogP contribution in [0.25, 0.3) is 0 Å². The Morgan fingerprint density at radius 2 is 1.78 bits per heavy atom. The third kappa shape index (κ3) is 5.00. The van der Waals surface area contributed by atoms with Gasteiger partial charge in [0, 0.05) is 29.4 Å². The van der Waals surface area contributed by atoms with E-state index in [9.17, 15) is 4.79 Å². The van der Waals surface area contributed by atoms with Gasteiger partial charge in [0.2, 0.25) is 0 Å². The van der Waals surface area contributed by atoms with Gasteiger partial charge < -0.3 is 14.8 Å². The molecular formula is C23H25NO3. The van der Waals surface area contributed by atoms with Gasteiger partial charge in [-0.25, -0.2) is 0 Å². The van der Waals surface area contributed by atoms with Gasteiger partial charge in [0.15, 0.2) is 6.29 Å². The summed E-state index contributed by atoms with van der Waals surface area (Å²) in [4.78, 5) is 11.3. The Kier molecular flexibility index (Phi) is 6.31. The lowest BCUT2D eigenvalue weighted by Gasteiger charge is -2.17. The molecule has 4 heteroatoms. The molecule has 2 aromatic rings. The minimum atomic E-state index is 0.344. The Labute approximate surface area is 160 Å². The fraction of sp³-hybridized carbons (Fsp3) is 0.261. The fourth-order valence-electron chi connectivity index (χ4n) is 2.92. The van der Waals surface area contributed by atoms with Crippen LogP contribution in [0.4, 0.5) is 0 Å². The van der Waals surface area contributed by atoms with Gasteiger partial charge in [-0.1, -0.05) is 42.8 Å². The Balaban J connectivity index is 1.60. The van der Waals surface area contributed by atoms with Crippen molar-refractivity contribution in [2.75, 3.05) is 13.2 Å². The van der Waals surface area contributed by atoms with Crippen molar-refractivity contribution in [3.63, 3.8) is 0 Å². The Bertz CT molecular complexity index is 868. The summed E-state index contributed by atoms with van der Waals surface area (Å²) in [5.41, 5.74) is 4.98. The maximum Gasteiger partial charge on any atom is 0.150 e. The van der Waals surface area contributed by atoms with E-state index in [1.165, 1.54) is 5.57 Å². The van der Waals surface area contributed by atoms with E-state index in [4.69, 9.17) is 9.47 Å². The number of allylic oxidation sites excluding steroid dienone is 2. The minimum Gasteiger partial charge on any atom is -0.489 e. The predicted molar refractivity (Wildman–Crippen MR) is 107 cm³/mol. The number of carbonyl (C=O) groups is 1. The van der Waals surface area contributed by atoms with Gasteiger partial charge in [0.25, 0.3) is 0 Å². The number of hydrogen-bond donors (Lipinski definition) is 1. The maximum atomic E-state index is 11.3. The third-order valence-electron chi connectivity index (χ3n) is 4.64. The molecule has 0 aliphatic carbocycles. The zero-order valence-electron chi connectivity index (χ0n) is 15.8. The molecule has 1 heterocycles. The number of aryl methyl sites for hydroxylation is 1. The molecule has 0 spiro atoms. The van der Waals surface area contributed by atoms with Crippen molar-refractivity contribution in [3.05, 3.63) is 82.6 Å². The van der Waals surface area contributed by atoms with Crippen molar-refractivity contribution in [2.45, 2.75) is 26.9 Å². The number of hydrogen-bond acceptors (Lipinski definition) is 4. The molecule has 0 atom stereocenters. The molecule has 2 aromatic carbocycles. The summed E-state index contributed by atoms with van der Waals surface area (Å²) >= 11 is 0. The molecule has 1 N–H and O–H groups in total. The predicted octanol–water partition coefficient (Wildman–Crippen LogP) is 4.59. The zero-order chi connectivity index (χ0) is 19.1. The van der Waals surface area contributed by atoms with Crippen LogP contribution in [0, 0.1) is 6.92 Å². The van der Waals surface area contributed by atoms with Crippen LogP contribution in [0.1, 0.15) is 34.8 Å². The largest absolute Gasteiger partial charge is 0.489 e. The number of benzene rings is 2. The second-order valence-corrected chi connectivity index (χ2v) is 6.54. The minimum absolute atomic E-state index is 0.344. The molecule has 3 rings (SSSR count).